The van der Waals surface area contributed by atoms with Crippen LogP contribution in [0.25, 0.3) is 211 Å². The smallest absolute Gasteiger partial charge is 0.160 e. The molecule has 0 radical (unpaired) electrons. The monoisotopic (exact) mass is 1300 g/mol. The first-order valence-corrected chi connectivity index (χ1v) is 35.0. The normalized spacial score (nSPS) is 12.2. The van der Waals surface area contributed by atoms with Crippen molar-refractivity contribution in [1.29, 1.82) is 0 Å². The molecule has 0 unspecified atom stereocenters. The van der Waals surface area contributed by atoms with Crippen molar-refractivity contribution in [3.63, 3.8) is 0 Å². The van der Waals surface area contributed by atoms with Gasteiger partial charge in [0.15, 0.2) is 16.7 Å². The second-order valence-electron chi connectivity index (χ2n) is 25.7. The molecule has 0 fully saturated rings. The van der Waals surface area contributed by atoms with E-state index in [-0.39, 0.29) is 0 Å². The molecule has 0 spiro atoms. The molecular weight excluding hydrogens is 1250 g/mol. The molecule has 0 aliphatic rings. The highest BCUT2D eigenvalue weighted by atomic mass is 32.1. The molecule has 9 heterocycles. The van der Waals surface area contributed by atoms with E-state index in [1.54, 1.807) is 0 Å². The second-order valence-corrected chi connectivity index (χ2v) is 27.9. The zero-order chi connectivity index (χ0) is 64.6. The third-order valence-corrected chi connectivity index (χ3v) is 22.7. The number of rotatable bonds is 3. The van der Waals surface area contributed by atoms with Gasteiger partial charge in [-0.25, -0.2) is 0 Å². The third kappa shape index (κ3) is 7.99. The van der Waals surface area contributed by atoms with E-state index in [1.165, 1.54) is 83.7 Å². The van der Waals surface area contributed by atoms with Crippen LogP contribution >= 0.6 is 22.7 Å². The van der Waals surface area contributed by atoms with Gasteiger partial charge in [-0.2, -0.15) is 0 Å². The van der Waals surface area contributed by atoms with Gasteiger partial charge < -0.3 is 31.4 Å². The van der Waals surface area contributed by atoms with Gasteiger partial charge in [-0.05, 0) is 115 Å². The van der Waals surface area contributed by atoms with Gasteiger partial charge >= 0.3 is 0 Å². The fraction of sp³-hybridized carbons (Fsp3) is 0. The number of aromatic nitrogens is 3. The molecule has 462 valence electrons. The van der Waals surface area contributed by atoms with Gasteiger partial charge in [-0.1, -0.05) is 188 Å². The van der Waals surface area contributed by atoms with Crippen LogP contribution in [0, 0.1) is 0 Å². The molecule has 9 heteroatoms. The zero-order valence-corrected chi connectivity index (χ0v) is 54.4. The highest BCUT2D eigenvalue weighted by Gasteiger charge is 2.24. The fourth-order valence-corrected chi connectivity index (χ4v) is 18.3. The van der Waals surface area contributed by atoms with Crippen molar-refractivity contribution in [2.24, 2.45) is 0 Å². The third-order valence-electron chi connectivity index (χ3n) is 20.4. The molecule has 0 saturated heterocycles. The molecule has 0 amide bonds. The van der Waals surface area contributed by atoms with Gasteiger partial charge in [0.1, 0.15) is 27.9 Å². The highest BCUT2D eigenvalue weighted by Crippen LogP contribution is 2.46. The van der Waals surface area contributed by atoms with Gasteiger partial charge in [0, 0.05) is 133 Å². The molecule has 24 aromatic rings. The van der Waals surface area contributed by atoms with Gasteiger partial charge in [-0.15, -0.1) is 22.7 Å². The Morgan fingerprint density at radius 2 is 0.475 bits per heavy atom. The lowest BCUT2D eigenvalue weighted by Crippen LogP contribution is -1.93. The van der Waals surface area contributed by atoms with E-state index in [0.717, 1.165) is 127 Å². The average Bonchev–Trinajstić information content (AvgIpc) is 1.57. The van der Waals surface area contributed by atoms with E-state index >= 15 is 0 Å². The molecule has 0 saturated carbocycles. The SMILES string of the molecule is c1ccc2c(c1)oc1c2ccc2c3ccccc3n(-c3ccc4c(c3)sc3ccccc34)c21.c1ccc2c(c1)oc1c2ccc2c3ccccc3n(-c3ccc4sc5ccccc5c4c3)c21.c1ccc2c(c1)oc1cc(-n3c4ccccc4c4ccc5c6ccccc6oc5c43)ccc12. The number of hydrogen-bond donors (Lipinski definition) is 0. The van der Waals surface area contributed by atoms with Crippen LogP contribution in [0.4, 0.5) is 0 Å². The predicted molar refractivity (Wildman–Crippen MR) is 417 cm³/mol. The molecule has 99 heavy (non-hydrogen) atoms. The topological polar surface area (TPSA) is 67.3 Å². The minimum Gasteiger partial charge on any atom is -0.456 e. The van der Waals surface area contributed by atoms with Gasteiger partial charge in [-0.3, -0.25) is 0 Å². The van der Waals surface area contributed by atoms with Crippen LogP contribution in [0.15, 0.2) is 327 Å². The number of thiophene rings is 2. The number of fused-ring (bicyclic) bond motifs is 30. The molecule has 24 rings (SSSR count). The van der Waals surface area contributed by atoms with Crippen LogP contribution < -0.4 is 0 Å². The predicted octanol–water partition coefficient (Wildman–Crippen LogP) is 26.7. The van der Waals surface area contributed by atoms with Crippen LogP contribution in [-0.2, 0) is 0 Å². The Morgan fingerprint density at radius 1 is 0.182 bits per heavy atom. The number of furan rings is 4. The second kappa shape index (κ2) is 20.9. The summed E-state index contributed by atoms with van der Waals surface area (Å²) >= 11 is 3.71. The Kier molecular flexibility index (Phi) is 11.5. The zero-order valence-electron chi connectivity index (χ0n) is 52.7. The van der Waals surface area contributed by atoms with Crippen LogP contribution in [0.3, 0.4) is 0 Å². The minimum atomic E-state index is 0.886. The molecular formula is C90H51N3O4S2. The fourth-order valence-electron chi connectivity index (χ4n) is 16.1. The van der Waals surface area contributed by atoms with E-state index in [9.17, 15) is 0 Å². The van der Waals surface area contributed by atoms with E-state index in [1.807, 2.05) is 59.1 Å². The molecule has 0 bridgehead atoms. The summed E-state index contributed by atoms with van der Waals surface area (Å²) in [5, 5.41) is 21.7. The van der Waals surface area contributed by atoms with Gasteiger partial charge in [0.25, 0.3) is 0 Å². The summed E-state index contributed by atoms with van der Waals surface area (Å²) in [6, 6.07) is 110. The molecule has 9 aromatic heterocycles. The summed E-state index contributed by atoms with van der Waals surface area (Å²) in [5.74, 6) is 0. The number of hydrogen-bond acceptors (Lipinski definition) is 6. The van der Waals surface area contributed by atoms with Crippen LogP contribution in [0.5, 0.6) is 0 Å². The Morgan fingerprint density at radius 3 is 0.949 bits per heavy atom. The Bertz CT molecular complexity index is 7220. The first-order valence-electron chi connectivity index (χ1n) is 33.4. The van der Waals surface area contributed by atoms with E-state index in [4.69, 9.17) is 17.7 Å². The van der Waals surface area contributed by atoms with Crippen molar-refractivity contribution >= 4 is 216 Å². The van der Waals surface area contributed by atoms with Crippen molar-refractivity contribution in [2.45, 2.75) is 0 Å². The Hall–Kier alpha value is -12.7. The van der Waals surface area contributed by atoms with Crippen molar-refractivity contribution in [2.75, 3.05) is 0 Å². The quantitative estimate of drug-likeness (QED) is 0.177. The minimum absolute atomic E-state index is 0.886. The maximum Gasteiger partial charge on any atom is 0.160 e. The summed E-state index contributed by atoms with van der Waals surface area (Å²) in [6.07, 6.45) is 0. The average molecular weight is 1300 g/mol. The van der Waals surface area contributed by atoms with Crippen molar-refractivity contribution < 1.29 is 17.7 Å². The lowest BCUT2D eigenvalue weighted by Gasteiger charge is -2.08. The lowest BCUT2D eigenvalue weighted by atomic mass is 10.1. The molecule has 0 aliphatic carbocycles. The molecule has 7 nitrogen and oxygen atoms in total. The van der Waals surface area contributed by atoms with Gasteiger partial charge in [0.2, 0.25) is 0 Å². The van der Waals surface area contributed by atoms with Crippen LogP contribution in [-0.4, -0.2) is 13.7 Å². The van der Waals surface area contributed by atoms with E-state index < -0.39 is 0 Å². The maximum absolute atomic E-state index is 6.48. The lowest BCUT2D eigenvalue weighted by molar-refractivity contribution is 0.668. The first kappa shape index (κ1) is 54.6. The highest BCUT2D eigenvalue weighted by molar-refractivity contribution is 7.26. The standard InChI is InChI=1S/C30H17NO2.2C30H17NOS/c1-4-10-25-19(7-1)23-15-16-24-21-9-3-6-12-27(21)33-30(24)29(23)31(25)18-13-14-22-20-8-2-5-11-26(20)32-28(22)17-18;1-4-10-25-19(7-1)22-14-15-23-20-8-2-5-11-26(20)32-30(23)29(22)31(25)18-13-16-28-24(17-18)21-9-3-6-12-27(21)33-28;1-4-10-25-19(7-1)23-15-16-24-20-8-2-5-11-26(20)32-30(24)29(23)31(25)18-13-14-22-21-9-3-6-12-27(21)33-28(22)17-18/h3*1-17H. The van der Waals surface area contributed by atoms with Crippen LogP contribution in [0.2, 0.25) is 0 Å². The summed E-state index contributed by atoms with van der Waals surface area (Å²) in [5.41, 5.74) is 17.6. The summed E-state index contributed by atoms with van der Waals surface area (Å²) in [7, 11) is 0. The Balaban J connectivity index is 0.0000000949. The Labute approximate surface area is 570 Å². The molecule has 15 aromatic carbocycles. The van der Waals surface area contributed by atoms with E-state index in [0.29, 0.717) is 0 Å². The number of para-hydroxylation sites is 7. The number of benzene rings is 15. The summed E-state index contributed by atoms with van der Waals surface area (Å²) in [4.78, 5) is 0. The van der Waals surface area contributed by atoms with E-state index in [2.05, 4.69) is 287 Å². The van der Waals surface area contributed by atoms with Crippen LogP contribution in [0.1, 0.15) is 0 Å². The van der Waals surface area contributed by atoms with Gasteiger partial charge in [0.05, 0.1) is 38.8 Å². The summed E-state index contributed by atoms with van der Waals surface area (Å²) < 4.78 is 37.9. The number of nitrogens with zero attached hydrogens (tertiary/aromatic N) is 3. The van der Waals surface area contributed by atoms with Crippen molar-refractivity contribution in [1.82, 2.24) is 13.7 Å². The van der Waals surface area contributed by atoms with Crippen molar-refractivity contribution in [3.05, 3.63) is 309 Å². The first-order chi connectivity index (χ1) is 49.1. The molecule has 0 aliphatic heterocycles. The largest absolute Gasteiger partial charge is 0.456 e. The summed E-state index contributed by atoms with van der Waals surface area (Å²) in [6.45, 7) is 0. The molecule has 0 N–H and O–H groups in total. The maximum atomic E-state index is 6.48. The molecule has 0 atom stereocenters. The van der Waals surface area contributed by atoms with Crippen molar-refractivity contribution in [3.8, 4) is 17.1 Å².